The molecule has 0 spiro atoms. The molecule has 35 heavy (non-hydrogen) atoms. The fraction of sp³-hybridized carbons (Fsp3) is 0.0455. The van der Waals surface area contributed by atoms with E-state index in [1.165, 1.54) is 12.1 Å². The van der Waals surface area contributed by atoms with Crippen molar-refractivity contribution in [1.82, 2.24) is 9.36 Å². The van der Waals surface area contributed by atoms with Crippen LogP contribution in [0.2, 0.25) is 5.02 Å². The third-order valence-electron chi connectivity index (χ3n) is 5.06. The van der Waals surface area contributed by atoms with Gasteiger partial charge >= 0.3 is 0 Å². The van der Waals surface area contributed by atoms with Crippen LogP contribution in [0.3, 0.4) is 0 Å². The Morgan fingerprint density at radius 3 is 2.66 bits per heavy atom. The van der Waals surface area contributed by atoms with Crippen LogP contribution < -0.4 is 14.8 Å². The topological polar surface area (TPSA) is 110 Å². The third kappa shape index (κ3) is 4.67. The van der Waals surface area contributed by atoms with Crippen molar-refractivity contribution in [2.24, 2.45) is 0 Å². The van der Waals surface area contributed by atoms with Crippen LogP contribution in [0.15, 0.2) is 59.8 Å². The lowest BCUT2D eigenvalue weighted by Crippen LogP contribution is -2.15. The lowest BCUT2D eigenvalue weighted by atomic mass is 10.0. The maximum Gasteiger partial charge on any atom is 0.266 e. The minimum atomic E-state index is -4.46. The normalized spacial score (nSPS) is 12.8. The van der Waals surface area contributed by atoms with Crippen LogP contribution in [-0.4, -0.2) is 23.7 Å². The highest BCUT2D eigenvalue weighted by Crippen LogP contribution is 2.39. The number of fused-ring (bicyclic) bond motifs is 1. The molecule has 0 atom stereocenters. The summed E-state index contributed by atoms with van der Waals surface area (Å²) < 4.78 is 65.9. The summed E-state index contributed by atoms with van der Waals surface area (Å²) in [6.07, 6.45) is 1.33. The number of sulfonamides is 1. The molecule has 0 radical (unpaired) electrons. The number of nitrogens with zero attached hydrogens (tertiary/aromatic N) is 2. The second-order valence-corrected chi connectivity index (χ2v) is 10.3. The van der Waals surface area contributed by atoms with Crippen molar-refractivity contribution in [2.75, 3.05) is 10.0 Å². The molecular formula is C22H13ClF2N4O4S2. The molecule has 1 amide bonds. The Morgan fingerprint density at radius 1 is 1.06 bits per heavy atom. The zero-order chi connectivity index (χ0) is 24.7. The smallest absolute Gasteiger partial charge is 0.266 e. The number of hydrogen-bond donors (Lipinski definition) is 2. The fourth-order valence-corrected chi connectivity index (χ4v) is 5.42. The number of ether oxygens (including phenoxy) is 1. The first kappa shape index (κ1) is 23.1. The van der Waals surface area contributed by atoms with Gasteiger partial charge in [0.1, 0.15) is 22.8 Å². The maximum atomic E-state index is 14.9. The van der Waals surface area contributed by atoms with Gasteiger partial charge in [0, 0.05) is 39.9 Å². The average Bonchev–Trinajstić information content (AvgIpc) is 3.44. The van der Waals surface area contributed by atoms with Crippen molar-refractivity contribution in [3.63, 3.8) is 0 Å². The molecule has 5 rings (SSSR count). The molecular weight excluding hydrogens is 522 g/mol. The molecule has 0 bridgehead atoms. The number of rotatable bonds is 6. The summed E-state index contributed by atoms with van der Waals surface area (Å²) in [5.41, 5.74) is 2.57. The number of benzene rings is 3. The summed E-state index contributed by atoms with van der Waals surface area (Å²) >= 11 is 6.90. The summed E-state index contributed by atoms with van der Waals surface area (Å²) in [5.74, 6) is -2.84. The van der Waals surface area contributed by atoms with Gasteiger partial charge in [0.25, 0.3) is 10.0 Å². The molecule has 13 heteroatoms. The first-order valence-electron chi connectivity index (χ1n) is 9.89. The average molecular weight is 535 g/mol. The molecule has 0 saturated carbocycles. The summed E-state index contributed by atoms with van der Waals surface area (Å²) in [4.78, 5) is 14.4. The summed E-state index contributed by atoms with van der Waals surface area (Å²) in [5, 5.41) is 3.02. The van der Waals surface area contributed by atoms with Crippen LogP contribution in [0.25, 0.3) is 11.1 Å². The molecule has 0 fully saturated rings. The van der Waals surface area contributed by atoms with E-state index in [4.69, 9.17) is 16.3 Å². The zero-order valence-corrected chi connectivity index (χ0v) is 19.8. The minimum Gasteiger partial charge on any atom is -0.454 e. The van der Waals surface area contributed by atoms with Gasteiger partial charge in [0.05, 0.1) is 6.42 Å². The van der Waals surface area contributed by atoms with Crippen molar-refractivity contribution in [3.8, 4) is 22.6 Å². The maximum absolute atomic E-state index is 14.9. The summed E-state index contributed by atoms with van der Waals surface area (Å²) in [6.45, 7) is 0. The number of hydrogen-bond acceptors (Lipinski definition) is 7. The molecule has 2 heterocycles. The third-order valence-corrected chi connectivity index (χ3v) is 7.36. The monoisotopic (exact) mass is 534 g/mol. The lowest BCUT2D eigenvalue weighted by molar-refractivity contribution is -0.115. The molecule has 1 aliphatic rings. The Balaban J connectivity index is 1.49. The van der Waals surface area contributed by atoms with Crippen LogP contribution in [-0.2, 0) is 21.2 Å². The molecule has 0 aliphatic carbocycles. The van der Waals surface area contributed by atoms with E-state index in [9.17, 15) is 22.0 Å². The van der Waals surface area contributed by atoms with Gasteiger partial charge in [-0.1, -0.05) is 17.7 Å². The highest BCUT2D eigenvalue weighted by Gasteiger charge is 2.25. The van der Waals surface area contributed by atoms with E-state index >= 15 is 0 Å². The predicted molar refractivity (Wildman–Crippen MR) is 126 cm³/mol. The predicted octanol–water partition coefficient (Wildman–Crippen LogP) is 5.22. The Bertz CT molecular complexity index is 1580. The second-order valence-electron chi connectivity index (χ2n) is 7.40. The van der Waals surface area contributed by atoms with Gasteiger partial charge in [0.15, 0.2) is 11.6 Å². The molecule has 178 valence electrons. The Hall–Kier alpha value is -3.61. The Labute approximate surface area is 206 Å². The molecule has 1 aliphatic heterocycles. The van der Waals surface area contributed by atoms with Crippen molar-refractivity contribution in [2.45, 2.75) is 11.3 Å². The molecule has 2 N–H and O–H groups in total. The van der Waals surface area contributed by atoms with Crippen molar-refractivity contribution in [3.05, 3.63) is 77.1 Å². The van der Waals surface area contributed by atoms with Gasteiger partial charge < -0.3 is 10.1 Å². The van der Waals surface area contributed by atoms with Crippen molar-refractivity contribution in [1.29, 1.82) is 0 Å². The van der Waals surface area contributed by atoms with Crippen LogP contribution in [0.1, 0.15) is 5.56 Å². The lowest BCUT2D eigenvalue weighted by Gasteiger charge is -2.14. The minimum absolute atomic E-state index is 0.0952. The quantitative estimate of drug-likeness (QED) is 0.351. The number of aromatic nitrogens is 2. The Kier molecular flexibility index (Phi) is 5.87. The van der Waals surface area contributed by atoms with E-state index in [0.29, 0.717) is 34.0 Å². The van der Waals surface area contributed by atoms with Gasteiger partial charge in [-0.25, -0.2) is 22.2 Å². The van der Waals surface area contributed by atoms with Gasteiger partial charge in [-0.3, -0.25) is 9.52 Å². The first-order chi connectivity index (χ1) is 16.7. The number of carbonyl (C=O) groups is 1. The van der Waals surface area contributed by atoms with Gasteiger partial charge in [0.2, 0.25) is 11.0 Å². The first-order valence-corrected chi connectivity index (χ1v) is 12.5. The second kappa shape index (κ2) is 8.87. The summed E-state index contributed by atoms with van der Waals surface area (Å²) in [6, 6.07) is 11.0. The highest BCUT2D eigenvalue weighted by molar-refractivity contribution is 7.93. The van der Waals surface area contributed by atoms with E-state index in [1.54, 1.807) is 24.3 Å². The van der Waals surface area contributed by atoms with Crippen LogP contribution in [0.4, 0.5) is 19.6 Å². The van der Waals surface area contributed by atoms with Gasteiger partial charge in [-0.05, 0) is 41.5 Å². The molecule has 0 unspecified atom stereocenters. The molecule has 4 aromatic rings. The van der Waals surface area contributed by atoms with Gasteiger partial charge in [-0.2, -0.15) is 4.37 Å². The van der Waals surface area contributed by atoms with Crippen LogP contribution in [0.5, 0.6) is 11.5 Å². The number of anilines is 2. The SMILES string of the molecule is O=C1Cc2cc(-c3cc(Cl)ccc3Oc3cc(F)c(S(=O)(=O)Nc4ncns4)cc3F)ccc2N1. The van der Waals surface area contributed by atoms with Crippen molar-refractivity contribution >= 4 is 49.9 Å². The molecule has 8 nitrogen and oxygen atoms in total. The standard InChI is InChI=1S/C22H13ClF2N4O4S2/c23-13-2-4-18(14(7-13)11-1-3-17-12(5-11)6-21(30)28-17)33-19-8-16(25)20(9-15(19)24)35(31,32)29-22-26-10-27-34-22/h1-5,7-10H,6H2,(H,28,30)(H,26,27,29). The highest BCUT2D eigenvalue weighted by atomic mass is 35.5. The van der Waals surface area contributed by atoms with E-state index in [-0.39, 0.29) is 23.2 Å². The Morgan fingerprint density at radius 2 is 1.89 bits per heavy atom. The number of nitrogens with one attached hydrogen (secondary N) is 2. The van der Waals surface area contributed by atoms with Crippen LogP contribution >= 0.6 is 23.1 Å². The zero-order valence-electron chi connectivity index (χ0n) is 17.4. The van der Waals surface area contributed by atoms with E-state index in [1.807, 2.05) is 4.72 Å². The van der Waals surface area contributed by atoms with E-state index in [2.05, 4.69) is 14.7 Å². The molecule has 1 aromatic heterocycles. The van der Waals surface area contributed by atoms with E-state index < -0.39 is 32.3 Å². The number of carbonyl (C=O) groups excluding carboxylic acids is 1. The van der Waals surface area contributed by atoms with E-state index in [0.717, 1.165) is 23.4 Å². The summed E-state index contributed by atoms with van der Waals surface area (Å²) in [7, 11) is -4.46. The number of halogens is 3. The fourth-order valence-electron chi connectivity index (χ4n) is 3.51. The van der Waals surface area contributed by atoms with Crippen molar-refractivity contribution < 1.29 is 26.7 Å². The molecule has 3 aromatic carbocycles. The largest absolute Gasteiger partial charge is 0.454 e. The molecule has 0 saturated heterocycles. The number of amides is 1. The van der Waals surface area contributed by atoms with Crippen LogP contribution in [0, 0.1) is 11.6 Å². The van der Waals surface area contributed by atoms with Gasteiger partial charge in [-0.15, -0.1) is 0 Å².